The quantitative estimate of drug-likeness (QED) is 0.422. The largest absolute Gasteiger partial charge is 0.493 e. The van der Waals surface area contributed by atoms with Crippen LogP contribution in [0.3, 0.4) is 0 Å². The number of hydrogen-bond donors (Lipinski definition) is 3. The summed E-state index contributed by atoms with van der Waals surface area (Å²) >= 11 is 10.8. The lowest BCUT2D eigenvalue weighted by atomic mass is 10.1. The molecule has 0 atom stereocenters. The molecule has 3 N–H and O–H groups in total. The van der Waals surface area contributed by atoms with E-state index in [1.807, 2.05) is 54.6 Å². The maximum Gasteiger partial charge on any atom is 0.257 e. The third kappa shape index (κ3) is 6.18. The van der Waals surface area contributed by atoms with E-state index in [1.54, 1.807) is 12.1 Å². The predicted molar refractivity (Wildman–Crippen MR) is 138 cm³/mol. The Morgan fingerprint density at radius 2 is 1.33 bits per heavy atom. The van der Waals surface area contributed by atoms with Gasteiger partial charge in [-0.25, -0.2) is 0 Å². The Hall–Kier alpha value is -3.69. The topological polar surface area (TPSA) is 80.9 Å². The number of ether oxygens (including phenoxy) is 3. The zero-order valence-corrected chi connectivity index (χ0v) is 19.9. The van der Waals surface area contributed by atoms with E-state index in [2.05, 4.69) is 16.0 Å². The smallest absolute Gasteiger partial charge is 0.257 e. The van der Waals surface area contributed by atoms with Crippen LogP contribution in [-0.4, -0.2) is 37.3 Å². The second-order valence-electron chi connectivity index (χ2n) is 6.72. The number of benzene rings is 3. The van der Waals surface area contributed by atoms with Crippen LogP contribution in [0, 0.1) is 0 Å². The molecular formula is C24H23N3O4S2. The van der Waals surface area contributed by atoms with Gasteiger partial charge in [-0.3, -0.25) is 10.1 Å². The number of anilines is 2. The minimum atomic E-state index is -0.425. The molecule has 0 saturated heterocycles. The van der Waals surface area contributed by atoms with Crippen molar-refractivity contribution in [1.82, 2.24) is 5.32 Å². The van der Waals surface area contributed by atoms with Gasteiger partial charge in [-0.2, -0.15) is 0 Å². The first kappa shape index (κ1) is 24.0. The first-order chi connectivity index (χ1) is 15.9. The summed E-state index contributed by atoms with van der Waals surface area (Å²) < 4.78 is 15.9. The summed E-state index contributed by atoms with van der Waals surface area (Å²) in [5.41, 5.74) is 2.69. The van der Waals surface area contributed by atoms with Crippen molar-refractivity contribution < 1.29 is 19.0 Å². The van der Waals surface area contributed by atoms with Crippen LogP contribution in [0.4, 0.5) is 11.4 Å². The summed E-state index contributed by atoms with van der Waals surface area (Å²) in [6.45, 7) is 0. The Bertz CT molecular complexity index is 1140. The molecule has 9 heteroatoms. The summed E-state index contributed by atoms with van der Waals surface area (Å²) in [6, 6.07) is 20.2. The highest BCUT2D eigenvalue weighted by atomic mass is 32.1. The number of carbonyl (C=O) groups excluding carboxylic acids is 1. The SMILES string of the molecule is COc1cc(C(=O)NC(=S)Nc2cccc(NC(=S)c3ccccc3)c2)cc(OC)c1OC. The molecule has 0 aliphatic rings. The molecule has 3 aromatic rings. The molecule has 0 heterocycles. The van der Waals surface area contributed by atoms with Crippen molar-refractivity contribution in [3.63, 3.8) is 0 Å². The Kier molecular flexibility index (Phi) is 8.17. The Morgan fingerprint density at radius 1 is 0.727 bits per heavy atom. The zero-order valence-electron chi connectivity index (χ0n) is 18.3. The van der Waals surface area contributed by atoms with Crippen molar-refractivity contribution >= 4 is 51.8 Å². The molecule has 0 bridgehead atoms. The fourth-order valence-electron chi connectivity index (χ4n) is 3.02. The van der Waals surface area contributed by atoms with Crippen molar-refractivity contribution in [2.75, 3.05) is 32.0 Å². The van der Waals surface area contributed by atoms with Gasteiger partial charge in [0, 0.05) is 22.5 Å². The van der Waals surface area contributed by atoms with E-state index in [9.17, 15) is 4.79 Å². The number of carbonyl (C=O) groups is 1. The fourth-order valence-corrected chi connectivity index (χ4v) is 3.48. The van der Waals surface area contributed by atoms with Crippen LogP contribution in [0.5, 0.6) is 17.2 Å². The van der Waals surface area contributed by atoms with E-state index in [1.165, 1.54) is 21.3 Å². The van der Waals surface area contributed by atoms with Crippen LogP contribution in [0.2, 0.25) is 0 Å². The van der Waals surface area contributed by atoms with Gasteiger partial charge < -0.3 is 24.8 Å². The van der Waals surface area contributed by atoms with E-state index in [0.717, 1.165) is 11.3 Å². The summed E-state index contributed by atoms with van der Waals surface area (Å²) in [5.74, 6) is 0.712. The van der Waals surface area contributed by atoms with Crippen LogP contribution < -0.4 is 30.2 Å². The third-order valence-corrected chi connectivity index (χ3v) is 5.11. The summed E-state index contributed by atoms with van der Waals surface area (Å²) in [7, 11) is 4.46. The molecule has 33 heavy (non-hydrogen) atoms. The van der Waals surface area contributed by atoms with Crippen molar-refractivity contribution in [3.05, 3.63) is 77.9 Å². The maximum atomic E-state index is 12.7. The maximum absolute atomic E-state index is 12.7. The third-order valence-electron chi connectivity index (χ3n) is 4.57. The van der Waals surface area contributed by atoms with Crippen molar-refractivity contribution in [2.45, 2.75) is 0 Å². The molecule has 0 aromatic heterocycles. The minimum absolute atomic E-state index is 0.136. The average Bonchev–Trinajstić information content (AvgIpc) is 2.83. The summed E-state index contributed by atoms with van der Waals surface area (Å²) in [6.07, 6.45) is 0. The first-order valence-corrected chi connectivity index (χ1v) is 10.7. The molecule has 3 aromatic carbocycles. The number of amides is 1. The van der Waals surface area contributed by atoms with Crippen molar-refractivity contribution in [1.29, 1.82) is 0 Å². The Labute approximate surface area is 203 Å². The molecule has 170 valence electrons. The van der Waals surface area contributed by atoms with Gasteiger partial charge >= 0.3 is 0 Å². The molecule has 0 unspecified atom stereocenters. The van der Waals surface area contributed by atoms with Gasteiger partial charge in [-0.05, 0) is 42.5 Å². The molecule has 0 aliphatic carbocycles. The number of nitrogens with one attached hydrogen (secondary N) is 3. The van der Waals surface area contributed by atoms with Gasteiger partial charge in [-0.15, -0.1) is 0 Å². The van der Waals surface area contributed by atoms with Crippen LogP contribution in [0.1, 0.15) is 15.9 Å². The van der Waals surface area contributed by atoms with Crippen LogP contribution in [-0.2, 0) is 0 Å². The number of rotatable bonds is 7. The number of thiocarbonyl (C=S) groups is 2. The van der Waals surface area contributed by atoms with Crippen LogP contribution >= 0.6 is 24.4 Å². The van der Waals surface area contributed by atoms with Gasteiger partial charge in [0.15, 0.2) is 16.6 Å². The zero-order chi connectivity index (χ0) is 23.8. The fraction of sp³-hybridized carbons (Fsp3) is 0.125. The van der Waals surface area contributed by atoms with Crippen molar-refractivity contribution in [2.24, 2.45) is 0 Å². The van der Waals surface area contributed by atoms with Gasteiger partial charge in [0.05, 0.1) is 21.3 Å². The lowest BCUT2D eigenvalue weighted by molar-refractivity contribution is 0.0977. The Morgan fingerprint density at radius 3 is 1.91 bits per heavy atom. The van der Waals surface area contributed by atoms with Gasteiger partial charge in [0.2, 0.25) is 5.75 Å². The standard InChI is InChI=1S/C24H23N3O4S2/c1-29-19-12-16(13-20(30-2)21(19)31-3)22(28)27-24(33)26-18-11-7-10-17(14-18)25-23(32)15-8-5-4-6-9-15/h4-14H,1-3H3,(H,25,32)(H2,26,27,28,33). The highest BCUT2D eigenvalue weighted by Crippen LogP contribution is 2.38. The first-order valence-electron chi connectivity index (χ1n) is 9.84. The minimum Gasteiger partial charge on any atom is -0.493 e. The molecule has 0 aliphatic heterocycles. The molecule has 1 amide bonds. The molecule has 0 radical (unpaired) electrons. The van der Waals surface area contributed by atoms with E-state index < -0.39 is 5.91 Å². The van der Waals surface area contributed by atoms with Crippen molar-refractivity contribution in [3.8, 4) is 17.2 Å². The second-order valence-corrected chi connectivity index (χ2v) is 7.54. The molecule has 7 nitrogen and oxygen atoms in total. The molecule has 0 spiro atoms. The molecule has 0 fully saturated rings. The monoisotopic (exact) mass is 481 g/mol. The Balaban J connectivity index is 1.67. The molecule has 0 saturated carbocycles. The van der Waals surface area contributed by atoms with Gasteiger partial charge in [0.25, 0.3) is 5.91 Å². The van der Waals surface area contributed by atoms with E-state index in [4.69, 9.17) is 38.6 Å². The second kappa shape index (κ2) is 11.3. The lowest BCUT2D eigenvalue weighted by Gasteiger charge is -2.15. The number of hydrogen-bond acceptors (Lipinski definition) is 6. The van der Waals surface area contributed by atoms with Gasteiger partial charge in [0.1, 0.15) is 4.99 Å². The van der Waals surface area contributed by atoms with E-state index in [-0.39, 0.29) is 5.11 Å². The van der Waals surface area contributed by atoms with Gasteiger partial charge in [-0.1, -0.05) is 48.6 Å². The number of methoxy groups -OCH3 is 3. The summed E-state index contributed by atoms with van der Waals surface area (Å²) in [4.78, 5) is 13.3. The predicted octanol–water partition coefficient (Wildman–Crippen LogP) is 4.63. The molecular weight excluding hydrogens is 458 g/mol. The highest BCUT2D eigenvalue weighted by Gasteiger charge is 2.17. The molecule has 3 rings (SSSR count). The summed E-state index contributed by atoms with van der Waals surface area (Å²) in [5, 5.41) is 8.99. The average molecular weight is 482 g/mol. The van der Waals surface area contributed by atoms with E-state index in [0.29, 0.717) is 33.5 Å². The lowest BCUT2D eigenvalue weighted by Crippen LogP contribution is -2.34. The van der Waals surface area contributed by atoms with Crippen LogP contribution in [0.25, 0.3) is 0 Å². The van der Waals surface area contributed by atoms with E-state index >= 15 is 0 Å². The highest BCUT2D eigenvalue weighted by molar-refractivity contribution is 7.81. The van der Waals surface area contributed by atoms with Crippen LogP contribution in [0.15, 0.2) is 66.7 Å². The normalized spacial score (nSPS) is 10.0.